The van der Waals surface area contributed by atoms with Crippen molar-refractivity contribution < 1.29 is 23.8 Å². The van der Waals surface area contributed by atoms with E-state index in [0.29, 0.717) is 27.9 Å². The molecule has 2 heterocycles. The van der Waals surface area contributed by atoms with Crippen LogP contribution in [0.2, 0.25) is 10.0 Å². The topological polar surface area (TPSA) is 105 Å². The minimum absolute atomic E-state index is 0. The molecule has 4 N–H and O–H groups in total. The van der Waals surface area contributed by atoms with Crippen LogP contribution in [0, 0.1) is 5.82 Å². The average Bonchev–Trinajstić information content (AvgIpc) is 3.40. The van der Waals surface area contributed by atoms with Crippen LogP contribution in [-0.4, -0.2) is 46.7 Å². The number of amides is 2. The van der Waals surface area contributed by atoms with Crippen molar-refractivity contribution in [1.29, 1.82) is 0 Å². The lowest BCUT2D eigenvalue weighted by molar-refractivity contribution is -0.133. The first kappa shape index (κ1) is 34.8. The summed E-state index contributed by atoms with van der Waals surface area (Å²) in [5, 5.41) is 16.8. The SMILES string of the molecule is CCC(O)OC1=C(C(=O)N2CCC(NCc3ccc(F)cc3)(C(N)=O)CC2)S(c2ccc(Cl)cc2)(c2ccccc2Cl)C=C1.Cl. The van der Waals surface area contributed by atoms with Crippen LogP contribution in [0.15, 0.2) is 105 Å². The van der Waals surface area contributed by atoms with E-state index in [9.17, 15) is 19.1 Å². The number of likely N-dealkylation sites (tertiary alicyclic amines) is 1. The second-order valence-electron chi connectivity index (χ2n) is 10.7. The Kier molecular flexibility index (Phi) is 11.3. The van der Waals surface area contributed by atoms with Crippen LogP contribution in [0.25, 0.3) is 0 Å². The maximum atomic E-state index is 14.7. The fourth-order valence-electron chi connectivity index (χ4n) is 5.51. The Labute approximate surface area is 279 Å². The number of allylic oxidation sites excluding steroid dienone is 1. The number of benzene rings is 3. The number of nitrogens with two attached hydrogens (primary N) is 1. The van der Waals surface area contributed by atoms with Crippen molar-refractivity contribution in [3.63, 3.8) is 0 Å². The number of primary amides is 1. The van der Waals surface area contributed by atoms with Crippen LogP contribution in [0.3, 0.4) is 0 Å². The second kappa shape index (κ2) is 14.6. The smallest absolute Gasteiger partial charge is 0.263 e. The van der Waals surface area contributed by atoms with Gasteiger partial charge in [-0.05, 0) is 78.4 Å². The number of piperidine rings is 1. The molecule has 0 saturated carbocycles. The monoisotopic (exact) mass is 693 g/mol. The second-order valence-corrected chi connectivity index (χ2v) is 14.5. The Balaban J connectivity index is 0.00000461. The van der Waals surface area contributed by atoms with Gasteiger partial charge >= 0.3 is 0 Å². The fourth-order valence-corrected chi connectivity index (χ4v) is 9.69. The van der Waals surface area contributed by atoms with Gasteiger partial charge in [-0.3, -0.25) is 14.9 Å². The summed E-state index contributed by atoms with van der Waals surface area (Å²) in [5.41, 5.74) is 5.66. The van der Waals surface area contributed by atoms with E-state index < -0.39 is 27.8 Å². The molecule has 0 aromatic heterocycles. The van der Waals surface area contributed by atoms with Gasteiger partial charge in [-0.15, -0.1) is 22.4 Å². The highest BCUT2D eigenvalue weighted by Crippen LogP contribution is 2.74. The van der Waals surface area contributed by atoms with Crippen molar-refractivity contribution >= 4 is 57.5 Å². The Morgan fingerprint density at radius 1 is 1.07 bits per heavy atom. The van der Waals surface area contributed by atoms with Gasteiger partial charge in [0.15, 0.2) is 6.29 Å². The number of carbonyl (C=O) groups is 2. The van der Waals surface area contributed by atoms with E-state index >= 15 is 0 Å². The molecule has 12 heteroatoms. The maximum absolute atomic E-state index is 14.7. The van der Waals surface area contributed by atoms with E-state index in [-0.39, 0.29) is 55.8 Å². The highest BCUT2D eigenvalue weighted by Gasteiger charge is 2.47. The van der Waals surface area contributed by atoms with E-state index in [1.807, 2.05) is 35.7 Å². The minimum atomic E-state index is -2.41. The zero-order valence-corrected chi connectivity index (χ0v) is 27.7. The van der Waals surface area contributed by atoms with E-state index in [0.717, 1.165) is 15.4 Å². The Bertz CT molecular complexity index is 1600. The van der Waals surface area contributed by atoms with Crippen LogP contribution >= 0.6 is 45.6 Å². The zero-order chi connectivity index (χ0) is 31.5. The number of hydrogen-bond donors (Lipinski definition) is 3. The summed E-state index contributed by atoms with van der Waals surface area (Å²) in [5.74, 6) is -0.866. The Hall–Kier alpha value is -3.05. The molecule has 0 aliphatic carbocycles. The van der Waals surface area contributed by atoms with Gasteiger partial charge in [0.25, 0.3) is 5.91 Å². The third-order valence-corrected chi connectivity index (χ3v) is 12.4. The first-order valence-electron chi connectivity index (χ1n) is 14.3. The van der Waals surface area contributed by atoms with Gasteiger partial charge in [0.05, 0.1) is 5.02 Å². The first-order valence-corrected chi connectivity index (χ1v) is 16.7. The summed E-state index contributed by atoms with van der Waals surface area (Å²) in [7, 11) is -2.41. The van der Waals surface area contributed by atoms with Gasteiger partial charge in [-0.25, -0.2) is 4.39 Å². The molecule has 240 valence electrons. The normalized spacial score (nSPS) is 21.0. The van der Waals surface area contributed by atoms with Crippen molar-refractivity contribution in [1.82, 2.24) is 10.2 Å². The van der Waals surface area contributed by atoms with Crippen LogP contribution < -0.4 is 11.1 Å². The minimum Gasteiger partial charge on any atom is -0.464 e. The third-order valence-electron chi connectivity index (χ3n) is 8.06. The average molecular weight is 695 g/mol. The Morgan fingerprint density at radius 2 is 1.71 bits per heavy atom. The molecule has 2 amide bonds. The van der Waals surface area contributed by atoms with Crippen LogP contribution in [0.4, 0.5) is 4.39 Å². The van der Waals surface area contributed by atoms with Crippen LogP contribution in [-0.2, 0) is 20.9 Å². The molecule has 1 fully saturated rings. The largest absolute Gasteiger partial charge is 0.464 e. The van der Waals surface area contributed by atoms with Gasteiger partial charge in [0.1, 0.15) is 22.0 Å². The van der Waals surface area contributed by atoms with E-state index in [4.69, 9.17) is 33.7 Å². The first-order chi connectivity index (χ1) is 21.1. The molecule has 3 aromatic carbocycles. The van der Waals surface area contributed by atoms with E-state index in [2.05, 4.69) is 5.32 Å². The van der Waals surface area contributed by atoms with E-state index in [1.54, 1.807) is 48.2 Å². The highest BCUT2D eigenvalue weighted by atomic mass is 35.5. The summed E-state index contributed by atoms with van der Waals surface area (Å²) in [6, 6.07) is 20.7. The molecule has 3 aromatic rings. The lowest BCUT2D eigenvalue weighted by Gasteiger charge is -2.43. The standard InChI is InChI=1S/C33H34Cl2FN3O4S.ClH/c1-2-29(40)43-27-15-20-44(25-13-9-23(34)10-14-25,28-6-4-3-5-26(28)35)30(27)31(41)39-18-16-33(17-19-39,32(37)42)38-21-22-7-11-24(36)12-8-22;/h3-15,20,29,38,40H,2,16-19,21H2,1H3,(H2,37,42);1H. The highest BCUT2D eigenvalue weighted by molar-refractivity contribution is 8.40. The molecule has 2 aliphatic rings. The van der Waals surface area contributed by atoms with Crippen LogP contribution in [0.1, 0.15) is 31.7 Å². The summed E-state index contributed by atoms with van der Waals surface area (Å²) in [4.78, 5) is 31.0. The molecule has 0 bridgehead atoms. The molecule has 1 saturated heterocycles. The lowest BCUT2D eigenvalue weighted by atomic mass is 9.86. The molecule has 45 heavy (non-hydrogen) atoms. The van der Waals surface area contributed by atoms with Crippen LogP contribution in [0.5, 0.6) is 0 Å². The number of nitrogens with one attached hydrogen (secondary N) is 1. The number of aliphatic hydroxyl groups excluding tert-OH is 1. The molecular weight excluding hydrogens is 660 g/mol. The summed E-state index contributed by atoms with van der Waals surface area (Å²) >= 11 is 13.1. The predicted molar refractivity (Wildman–Crippen MR) is 179 cm³/mol. The molecule has 0 radical (unpaired) electrons. The van der Waals surface area contributed by atoms with Gasteiger partial charge in [0, 0.05) is 40.9 Å². The van der Waals surface area contributed by atoms with Gasteiger partial charge in [-0.1, -0.05) is 54.4 Å². The molecule has 2 unspecified atom stereocenters. The van der Waals surface area contributed by atoms with Gasteiger partial charge < -0.3 is 20.5 Å². The van der Waals surface area contributed by atoms with Crippen molar-refractivity contribution in [2.75, 3.05) is 13.1 Å². The maximum Gasteiger partial charge on any atom is 0.263 e. The number of ether oxygens (including phenoxy) is 1. The molecule has 0 spiro atoms. The number of halogens is 4. The molecule has 7 nitrogen and oxygen atoms in total. The van der Waals surface area contributed by atoms with Crippen molar-refractivity contribution in [2.24, 2.45) is 5.73 Å². The number of rotatable bonds is 10. The number of aliphatic hydroxyl groups is 1. The van der Waals surface area contributed by atoms with Crippen molar-refractivity contribution in [2.45, 2.75) is 54.4 Å². The predicted octanol–water partition coefficient (Wildman–Crippen LogP) is 6.90. The number of hydrogen-bond acceptors (Lipinski definition) is 5. The molecule has 5 rings (SSSR count). The third kappa shape index (κ3) is 7.04. The van der Waals surface area contributed by atoms with Crippen molar-refractivity contribution in [3.8, 4) is 0 Å². The fraction of sp³-hybridized carbons (Fsp3) is 0.273. The molecule has 2 aliphatic heterocycles. The summed E-state index contributed by atoms with van der Waals surface area (Å²) < 4.78 is 19.3. The number of carbonyl (C=O) groups excluding carboxylic acids is 2. The molecule has 2 atom stereocenters. The molecular formula is C33H35Cl3FN3O4S. The summed E-state index contributed by atoms with van der Waals surface area (Å²) in [6.45, 7) is 2.58. The number of nitrogens with zero attached hydrogens (tertiary/aromatic N) is 1. The Morgan fingerprint density at radius 3 is 2.31 bits per heavy atom. The summed E-state index contributed by atoms with van der Waals surface area (Å²) in [6.07, 6.45) is 1.49. The van der Waals surface area contributed by atoms with Gasteiger partial charge in [-0.2, -0.15) is 0 Å². The zero-order valence-electron chi connectivity index (χ0n) is 24.5. The van der Waals surface area contributed by atoms with E-state index in [1.165, 1.54) is 12.1 Å². The lowest BCUT2D eigenvalue weighted by Crippen LogP contribution is -2.61. The van der Waals surface area contributed by atoms with Gasteiger partial charge in [0.2, 0.25) is 5.91 Å². The quantitative estimate of drug-likeness (QED) is 0.201. The van der Waals surface area contributed by atoms with Crippen molar-refractivity contribution in [3.05, 3.63) is 116 Å².